The van der Waals surface area contributed by atoms with E-state index >= 15 is 0 Å². The molecule has 0 saturated carbocycles. The van der Waals surface area contributed by atoms with Gasteiger partial charge < -0.3 is 0 Å². The van der Waals surface area contributed by atoms with E-state index in [2.05, 4.69) is 28.1 Å². The van der Waals surface area contributed by atoms with Crippen LogP contribution in [-0.4, -0.2) is 0 Å². The molecule has 0 amide bonds. The predicted octanol–water partition coefficient (Wildman–Crippen LogP) is 1.81. The Morgan fingerprint density at radius 2 is 1.92 bits per heavy atom. The summed E-state index contributed by atoms with van der Waals surface area (Å²) in [7, 11) is 0. The van der Waals surface area contributed by atoms with Crippen molar-refractivity contribution in [2.45, 2.75) is 0 Å². The first kappa shape index (κ1) is 6.66. The van der Waals surface area contributed by atoms with Crippen molar-refractivity contribution in [2.75, 3.05) is 0 Å². The minimum absolute atomic E-state index is 0.999. The molecule has 0 aliphatic carbocycles. The van der Waals surface area contributed by atoms with Gasteiger partial charge in [0.2, 0.25) is 0 Å². The van der Waals surface area contributed by atoms with E-state index < -0.39 is 0 Å². The number of benzene rings is 1. The van der Waals surface area contributed by atoms with E-state index in [0.717, 1.165) is 5.82 Å². The number of nitrogens with zero attached hydrogens (tertiary/aromatic N) is 2. The van der Waals surface area contributed by atoms with Gasteiger partial charge in [-0.2, -0.15) is 4.57 Å². The molecule has 2 heterocycles. The first-order chi connectivity index (χ1) is 6.45. The maximum absolute atomic E-state index is 4.23. The molecule has 0 saturated heterocycles. The quantitative estimate of drug-likeness (QED) is 0.534. The minimum atomic E-state index is 0.999. The van der Waals surface area contributed by atoms with Crippen molar-refractivity contribution in [1.29, 1.82) is 0 Å². The number of rotatable bonds is 0. The molecule has 0 fully saturated rings. The Hall–Kier alpha value is -1.83. The molecule has 2 aromatic rings. The van der Waals surface area contributed by atoms with E-state index in [1.807, 2.05) is 30.6 Å². The first-order valence-corrected chi connectivity index (χ1v) is 4.26. The number of pyridine rings is 1. The smallest absolute Gasteiger partial charge is 0.192 e. The van der Waals surface area contributed by atoms with Gasteiger partial charge in [0.15, 0.2) is 6.20 Å². The summed E-state index contributed by atoms with van der Waals surface area (Å²) in [5.41, 5.74) is 1.21. The summed E-state index contributed by atoms with van der Waals surface area (Å²) in [5.74, 6) is 0.999. The van der Waals surface area contributed by atoms with Crippen molar-refractivity contribution < 1.29 is 4.57 Å². The molecule has 1 aliphatic rings. The summed E-state index contributed by atoms with van der Waals surface area (Å²) in [4.78, 5) is 0. The van der Waals surface area contributed by atoms with E-state index in [-0.39, 0.29) is 0 Å². The highest BCUT2D eigenvalue weighted by Gasteiger charge is 2.17. The Kier molecular flexibility index (Phi) is 1.19. The number of aromatic nitrogens is 1. The fourth-order valence-electron chi connectivity index (χ4n) is 1.65. The average molecular weight is 168 g/mol. The monoisotopic (exact) mass is 168 g/mol. The standard InChI is InChI=1S/C11H8N2/c1-2-4-10-9(3-1)5-6-11-12-7-8-13(10)11/h1-8H/q+1. The van der Waals surface area contributed by atoms with Gasteiger partial charge in [-0.15, -0.1) is 0 Å². The van der Waals surface area contributed by atoms with Gasteiger partial charge in [0.1, 0.15) is 11.7 Å². The van der Waals surface area contributed by atoms with E-state index in [0.29, 0.717) is 0 Å². The first-order valence-electron chi connectivity index (χ1n) is 4.26. The molecule has 3 rings (SSSR count). The summed E-state index contributed by atoms with van der Waals surface area (Å²) in [5, 5.41) is 5.48. The molecule has 0 atom stereocenters. The Morgan fingerprint density at radius 1 is 1.00 bits per heavy atom. The number of fused-ring (bicyclic) bond motifs is 3. The topological polar surface area (TPSA) is 18.0 Å². The van der Waals surface area contributed by atoms with Crippen LogP contribution in [0.25, 0.3) is 17.1 Å². The summed E-state index contributed by atoms with van der Waals surface area (Å²) in [6.45, 7) is 0. The summed E-state index contributed by atoms with van der Waals surface area (Å²) < 4.78 is 2.09. The normalized spacial score (nSPS) is 12.9. The van der Waals surface area contributed by atoms with Gasteiger partial charge in [-0.3, -0.25) is 0 Å². The largest absolute Gasteiger partial charge is 0.328 e. The molecular formula is C11H8N2+. The zero-order chi connectivity index (χ0) is 8.67. The van der Waals surface area contributed by atoms with Gasteiger partial charge in [-0.1, -0.05) is 18.2 Å². The van der Waals surface area contributed by atoms with Crippen LogP contribution >= 0.6 is 0 Å². The second-order valence-corrected chi connectivity index (χ2v) is 3.05. The molecule has 1 aromatic heterocycles. The van der Waals surface area contributed by atoms with Gasteiger partial charge in [0.05, 0.1) is 0 Å². The fraction of sp³-hybridized carbons (Fsp3) is 0. The molecular weight excluding hydrogens is 160 g/mol. The molecule has 0 bridgehead atoms. The second-order valence-electron chi connectivity index (χ2n) is 3.05. The third kappa shape index (κ3) is 0.855. The lowest BCUT2D eigenvalue weighted by Gasteiger charge is -1.97. The number of hydrogen-bond donors (Lipinski definition) is 0. The van der Waals surface area contributed by atoms with Crippen LogP contribution in [0.5, 0.6) is 0 Å². The van der Waals surface area contributed by atoms with Crippen molar-refractivity contribution in [3.8, 4) is 0 Å². The molecule has 0 unspecified atom stereocenters. The minimum Gasteiger partial charge on any atom is -0.192 e. The molecule has 2 nitrogen and oxygen atoms in total. The third-order valence-electron chi connectivity index (χ3n) is 2.28. The van der Waals surface area contributed by atoms with Crippen LogP contribution in [0.1, 0.15) is 0 Å². The van der Waals surface area contributed by atoms with Crippen LogP contribution < -0.4 is 9.88 Å². The van der Waals surface area contributed by atoms with Crippen molar-refractivity contribution in [1.82, 2.24) is 5.32 Å². The zero-order valence-electron chi connectivity index (χ0n) is 7.01. The molecule has 13 heavy (non-hydrogen) atoms. The Morgan fingerprint density at radius 3 is 2.92 bits per heavy atom. The molecule has 61 valence electrons. The van der Waals surface area contributed by atoms with Crippen LogP contribution in [-0.2, 0) is 0 Å². The van der Waals surface area contributed by atoms with Crippen LogP contribution in [0, 0.1) is 0 Å². The molecule has 0 N–H and O–H groups in total. The highest BCUT2D eigenvalue weighted by atomic mass is 15.1. The van der Waals surface area contributed by atoms with Crippen LogP contribution in [0.15, 0.2) is 42.6 Å². The van der Waals surface area contributed by atoms with E-state index in [1.165, 1.54) is 10.9 Å². The third-order valence-corrected chi connectivity index (χ3v) is 2.28. The Balaban J connectivity index is 2.49. The number of hydrogen-bond acceptors (Lipinski definition) is 0. The fourth-order valence-corrected chi connectivity index (χ4v) is 1.65. The summed E-state index contributed by atoms with van der Waals surface area (Å²) in [6, 6.07) is 12.4. The van der Waals surface area contributed by atoms with Gasteiger partial charge in [0.25, 0.3) is 0 Å². The van der Waals surface area contributed by atoms with Crippen molar-refractivity contribution in [2.24, 2.45) is 0 Å². The molecule has 1 aliphatic heterocycles. The summed E-state index contributed by atoms with van der Waals surface area (Å²) >= 11 is 0. The van der Waals surface area contributed by atoms with Gasteiger partial charge in [-0.25, -0.2) is 0 Å². The van der Waals surface area contributed by atoms with Crippen LogP contribution in [0.4, 0.5) is 5.82 Å². The number of para-hydroxylation sites is 1. The van der Waals surface area contributed by atoms with Gasteiger partial charge in [0, 0.05) is 11.5 Å². The van der Waals surface area contributed by atoms with E-state index in [9.17, 15) is 0 Å². The van der Waals surface area contributed by atoms with E-state index in [1.54, 1.807) is 0 Å². The van der Waals surface area contributed by atoms with Crippen molar-refractivity contribution in [3.05, 3.63) is 42.6 Å². The molecule has 2 heteroatoms. The highest BCUT2D eigenvalue weighted by molar-refractivity contribution is 5.77. The maximum Gasteiger partial charge on any atom is 0.328 e. The molecule has 1 radical (unpaired) electrons. The second kappa shape index (κ2) is 2.33. The highest BCUT2D eigenvalue weighted by Crippen LogP contribution is 2.15. The summed E-state index contributed by atoms with van der Waals surface area (Å²) in [6.07, 6.45) is 3.80. The lowest BCUT2D eigenvalue weighted by atomic mass is 10.2. The Bertz CT molecular complexity index is 500. The lowest BCUT2D eigenvalue weighted by Crippen LogP contribution is -2.25. The van der Waals surface area contributed by atoms with Gasteiger partial charge >= 0.3 is 5.82 Å². The van der Waals surface area contributed by atoms with Crippen LogP contribution in [0.3, 0.4) is 0 Å². The lowest BCUT2D eigenvalue weighted by molar-refractivity contribution is -0.521. The van der Waals surface area contributed by atoms with E-state index in [4.69, 9.17) is 0 Å². The predicted molar refractivity (Wildman–Crippen MR) is 51.3 cm³/mol. The Labute approximate surface area is 76.1 Å². The SMILES string of the molecule is C1=C[n+]2c(ccc3ccccc32)[N]1. The zero-order valence-corrected chi connectivity index (χ0v) is 7.01. The molecule has 0 spiro atoms. The van der Waals surface area contributed by atoms with Crippen molar-refractivity contribution >= 4 is 22.9 Å². The van der Waals surface area contributed by atoms with Crippen molar-refractivity contribution in [3.63, 3.8) is 0 Å². The molecule has 1 aromatic carbocycles. The van der Waals surface area contributed by atoms with Gasteiger partial charge in [-0.05, 0) is 17.4 Å². The van der Waals surface area contributed by atoms with Crippen LogP contribution in [0.2, 0.25) is 0 Å². The average Bonchev–Trinajstić information content (AvgIpc) is 2.65. The maximum atomic E-state index is 4.23.